The predicted octanol–water partition coefficient (Wildman–Crippen LogP) is 2.34. The molecule has 0 radical (unpaired) electrons. The number of carbonyl (C=O) groups excluding carboxylic acids is 1. The summed E-state index contributed by atoms with van der Waals surface area (Å²) in [4.78, 5) is 17.2. The zero-order valence-electron chi connectivity index (χ0n) is 14.5. The fraction of sp³-hybridized carbons (Fsp3) is 0.611. The van der Waals surface area contributed by atoms with Crippen molar-refractivity contribution in [2.24, 2.45) is 5.92 Å². The SMILES string of the molecule is CNCC1CCN(C(=O)C(C)N2CCc3ccccc3C2)C1.Cl.Cl. The predicted molar refractivity (Wildman–Crippen MR) is 103 cm³/mol. The van der Waals surface area contributed by atoms with Gasteiger partial charge in [0.2, 0.25) is 5.91 Å². The summed E-state index contributed by atoms with van der Waals surface area (Å²) in [7, 11) is 1.98. The fourth-order valence-electron chi connectivity index (χ4n) is 3.76. The van der Waals surface area contributed by atoms with Crippen LogP contribution in [0.3, 0.4) is 0 Å². The Labute approximate surface area is 157 Å². The van der Waals surface area contributed by atoms with Gasteiger partial charge in [0, 0.05) is 26.2 Å². The average Bonchev–Trinajstić information content (AvgIpc) is 3.02. The van der Waals surface area contributed by atoms with Gasteiger partial charge in [-0.25, -0.2) is 0 Å². The van der Waals surface area contributed by atoms with E-state index in [-0.39, 0.29) is 30.9 Å². The maximum absolute atomic E-state index is 12.8. The van der Waals surface area contributed by atoms with Gasteiger partial charge in [-0.3, -0.25) is 9.69 Å². The van der Waals surface area contributed by atoms with Crippen molar-refractivity contribution in [3.63, 3.8) is 0 Å². The first-order chi connectivity index (χ1) is 10.7. The van der Waals surface area contributed by atoms with E-state index in [0.29, 0.717) is 11.8 Å². The highest BCUT2D eigenvalue weighted by Gasteiger charge is 2.32. The molecule has 1 fully saturated rings. The molecule has 0 spiro atoms. The van der Waals surface area contributed by atoms with Crippen molar-refractivity contribution in [2.45, 2.75) is 32.4 Å². The molecule has 2 heterocycles. The molecule has 0 saturated carbocycles. The number of nitrogens with zero attached hydrogens (tertiary/aromatic N) is 2. The van der Waals surface area contributed by atoms with Crippen LogP contribution in [0.2, 0.25) is 0 Å². The molecule has 1 aromatic carbocycles. The third kappa shape index (κ3) is 4.63. The van der Waals surface area contributed by atoms with E-state index in [1.807, 2.05) is 7.05 Å². The Morgan fingerprint density at radius 3 is 2.67 bits per heavy atom. The maximum atomic E-state index is 12.8. The lowest BCUT2D eigenvalue weighted by Gasteiger charge is -2.34. The number of halogens is 2. The second-order valence-corrected chi connectivity index (χ2v) is 6.66. The average molecular weight is 374 g/mol. The lowest BCUT2D eigenvalue weighted by Crippen LogP contribution is -2.48. The number of carbonyl (C=O) groups is 1. The van der Waals surface area contributed by atoms with Gasteiger partial charge in [0.1, 0.15) is 0 Å². The largest absolute Gasteiger partial charge is 0.341 e. The first-order valence-electron chi connectivity index (χ1n) is 8.43. The molecule has 1 aromatic rings. The van der Waals surface area contributed by atoms with E-state index in [0.717, 1.165) is 45.6 Å². The Morgan fingerprint density at radius 2 is 1.96 bits per heavy atom. The van der Waals surface area contributed by atoms with Gasteiger partial charge in [0.25, 0.3) is 0 Å². The van der Waals surface area contributed by atoms with Crippen LogP contribution in [0.1, 0.15) is 24.5 Å². The van der Waals surface area contributed by atoms with Crippen LogP contribution in [0.4, 0.5) is 0 Å². The molecule has 24 heavy (non-hydrogen) atoms. The molecule has 2 unspecified atom stereocenters. The van der Waals surface area contributed by atoms with Gasteiger partial charge < -0.3 is 10.2 Å². The normalized spacial score (nSPS) is 21.4. The molecule has 4 nitrogen and oxygen atoms in total. The summed E-state index contributed by atoms with van der Waals surface area (Å²) in [6.45, 7) is 6.79. The zero-order chi connectivity index (χ0) is 15.5. The van der Waals surface area contributed by atoms with Crippen molar-refractivity contribution in [3.8, 4) is 0 Å². The van der Waals surface area contributed by atoms with Gasteiger partial charge in [-0.15, -0.1) is 24.8 Å². The summed E-state index contributed by atoms with van der Waals surface area (Å²) in [6.07, 6.45) is 2.18. The van der Waals surface area contributed by atoms with Crippen LogP contribution in [-0.2, 0) is 17.8 Å². The monoisotopic (exact) mass is 373 g/mol. The lowest BCUT2D eigenvalue weighted by atomic mass is 9.98. The number of rotatable bonds is 4. The highest BCUT2D eigenvalue weighted by molar-refractivity contribution is 5.85. The molecule has 0 aromatic heterocycles. The van der Waals surface area contributed by atoms with Crippen LogP contribution in [0.5, 0.6) is 0 Å². The summed E-state index contributed by atoms with van der Waals surface area (Å²) in [5.41, 5.74) is 2.82. The van der Waals surface area contributed by atoms with Gasteiger partial charge in [-0.1, -0.05) is 24.3 Å². The van der Waals surface area contributed by atoms with Gasteiger partial charge in [-0.2, -0.15) is 0 Å². The van der Waals surface area contributed by atoms with Crippen LogP contribution in [0.25, 0.3) is 0 Å². The Bertz CT molecular complexity index is 541. The van der Waals surface area contributed by atoms with E-state index in [1.165, 1.54) is 11.1 Å². The summed E-state index contributed by atoms with van der Waals surface area (Å²) in [5, 5.41) is 3.22. The quantitative estimate of drug-likeness (QED) is 0.879. The van der Waals surface area contributed by atoms with E-state index >= 15 is 0 Å². The third-order valence-electron chi connectivity index (χ3n) is 5.16. The molecular formula is C18H29Cl2N3O. The number of hydrogen-bond acceptors (Lipinski definition) is 3. The van der Waals surface area contributed by atoms with Gasteiger partial charge in [-0.05, 0) is 50.4 Å². The first kappa shape index (κ1) is 21.2. The lowest BCUT2D eigenvalue weighted by molar-refractivity contribution is -0.135. The highest BCUT2D eigenvalue weighted by atomic mass is 35.5. The molecule has 136 valence electrons. The van der Waals surface area contributed by atoms with Crippen LogP contribution in [0, 0.1) is 5.92 Å². The van der Waals surface area contributed by atoms with E-state index in [1.54, 1.807) is 0 Å². The molecule has 2 aliphatic rings. The topological polar surface area (TPSA) is 35.6 Å². The third-order valence-corrected chi connectivity index (χ3v) is 5.16. The number of amides is 1. The summed E-state index contributed by atoms with van der Waals surface area (Å²) in [5.74, 6) is 0.918. The minimum Gasteiger partial charge on any atom is -0.341 e. The Morgan fingerprint density at radius 1 is 1.25 bits per heavy atom. The maximum Gasteiger partial charge on any atom is 0.239 e. The molecule has 6 heteroatoms. The fourth-order valence-corrected chi connectivity index (χ4v) is 3.76. The number of hydrogen-bond donors (Lipinski definition) is 1. The number of likely N-dealkylation sites (tertiary alicyclic amines) is 1. The first-order valence-corrected chi connectivity index (χ1v) is 8.43. The smallest absolute Gasteiger partial charge is 0.239 e. The molecule has 1 N–H and O–H groups in total. The molecule has 1 saturated heterocycles. The molecular weight excluding hydrogens is 345 g/mol. The van der Waals surface area contributed by atoms with Crippen molar-refractivity contribution in [2.75, 3.05) is 33.2 Å². The second-order valence-electron chi connectivity index (χ2n) is 6.66. The minimum absolute atomic E-state index is 0. The molecule has 0 bridgehead atoms. The van der Waals surface area contributed by atoms with E-state index in [2.05, 4.69) is 46.3 Å². The van der Waals surface area contributed by atoms with Gasteiger partial charge in [0.05, 0.1) is 6.04 Å². The van der Waals surface area contributed by atoms with Crippen molar-refractivity contribution >= 4 is 30.7 Å². The van der Waals surface area contributed by atoms with Gasteiger partial charge >= 0.3 is 0 Å². The van der Waals surface area contributed by atoms with Crippen LogP contribution < -0.4 is 5.32 Å². The van der Waals surface area contributed by atoms with Gasteiger partial charge in [0.15, 0.2) is 0 Å². The number of nitrogens with one attached hydrogen (secondary N) is 1. The minimum atomic E-state index is -0.0123. The van der Waals surface area contributed by atoms with Crippen LogP contribution in [-0.4, -0.2) is 55.0 Å². The number of fused-ring (bicyclic) bond motifs is 1. The molecule has 0 aliphatic carbocycles. The van der Waals surface area contributed by atoms with Crippen molar-refractivity contribution in [1.29, 1.82) is 0 Å². The summed E-state index contributed by atoms with van der Waals surface area (Å²) < 4.78 is 0. The number of benzene rings is 1. The molecule has 2 aliphatic heterocycles. The van der Waals surface area contributed by atoms with Crippen molar-refractivity contribution in [1.82, 2.24) is 15.1 Å². The Balaban J connectivity index is 0.00000144. The van der Waals surface area contributed by atoms with Crippen LogP contribution in [0.15, 0.2) is 24.3 Å². The Hall–Kier alpha value is -0.810. The highest BCUT2D eigenvalue weighted by Crippen LogP contribution is 2.23. The Kier molecular flexibility index (Phi) is 8.51. The molecule has 2 atom stereocenters. The molecule has 1 amide bonds. The van der Waals surface area contributed by atoms with Crippen molar-refractivity contribution < 1.29 is 4.79 Å². The standard InChI is InChI=1S/C18H27N3O.2ClH/c1-14(18(22)21-9-7-15(12-21)11-19-2)20-10-8-16-5-3-4-6-17(16)13-20;;/h3-6,14-15,19H,7-13H2,1-2H3;2*1H. The van der Waals surface area contributed by atoms with Crippen LogP contribution >= 0.6 is 24.8 Å². The summed E-state index contributed by atoms with van der Waals surface area (Å²) in [6, 6.07) is 8.59. The van der Waals surface area contributed by atoms with E-state index in [4.69, 9.17) is 0 Å². The van der Waals surface area contributed by atoms with E-state index < -0.39 is 0 Å². The second kappa shape index (κ2) is 9.62. The summed E-state index contributed by atoms with van der Waals surface area (Å²) >= 11 is 0. The van der Waals surface area contributed by atoms with Crippen molar-refractivity contribution in [3.05, 3.63) is 35.4 Å². The van der Waals surface area contributed by atoms with E-state index in [9.17, 15) is 4.79 Å². The molecule has 3 rings (SSSR count). The zero-order valence-corrected chi connectivity index (χ0v) is 16.2.